The highest BCUT2D eigenvalue weighted by Crippen LogP contribution is 2.47. The molecule has 0 spiro atoms. The van der Waals surface area contributed by atoms with Crippen LogP contribution in [0.25, 0.3) is 82.4 Å². The number of rotatable bonds is 4. The maximum atomic E-state index is 10.6. The molecule has 0 fully saturated rings. The molecule has 1 aromatic heterocycles. The summed E-state index contributed by atoms with van der Waals surface area (Å²) in [7, 11) is 0. The van der Waals surface area contributed by atoms with Crippen LogP contribution >= 0.6 is 0 Å². The zero-order valence-electron chi connectivity index (χ0n) is 25.6. The fraction of sp³-hybridized carbons (Fsp3) is 0. The Kier molecular flexibility index (Phi) is 6.23. The number of nitriles is 1. The van der Waals surface area contributed by atoms with Gasteiger partial charge in [-0.2, -0.15) is 5.26 Å². The molecule has 218 valence electrons. The molecule has 0 atom stereocenters. The van der Waals surface area contributed by atoms with Crippen molar-refractivity contribution in [3.8, 4) is 45.1 Å². The number of hydrogen-bond acceptors (Lipinski definition) is 1. The third kappa shape index (κ3) is 4.11. The molecule has 0 aliphatic heterocycles. The summed E-state index contributed by atoms with van der Waals surface area (Å²) in [6, 6.07) is 62.5. The van der Waals surface area contributed by atoms with Crippen LogP contribution in [-0.4, -0.2) is 4.57 Å². The Morgan fingerprint density at radius 1 is 0.362 bits per heavy atom. The second-order valence-electron chi connectivity index (χ2n) is 11.9. The van der Waals surface area contributed by atoms with Gasteiger partial charge >= 0.3 is 0 Å². The highest BCUT2D eigenvalue weighted by Gasteiger charge is 2.23. The quantitative estimate of drug-likeness (QED) is 0.186. The topological polar surface area (TPSA) is 28.7 Å². The largest absolute Gasteiger partial charge is 0.309 e. The van der Waals surface area contributed by atoms with Gasteiger partial charge in [0.05, 0.1) is 28.4 Å². The van der Waals surface area contributed by atoms with Crippen molar-refractivity contribution in [3.05, 3.63) is 175 Å². The van der Waals surface area contributed by atoms with E-state index in [2.05, 4.69) is 168 Å². The minimum atomic E-state index is 0.645. The minimum absolute atomic E-state index is 0.645. The first-order valence-electron chi connectivity index (χ1n) is 15.9. The Hall–Kier alpha value is -6.43. The molecule has 0 saturated heterocycles. The molecular weight excluding hydrogens is 569 g/mol. The minimum Gasteiger partial charge on any atom is -0.309 e. The maximum absolute atomic E-state index is 10.6. The van der Waals surface area contributed by atoms with Gasteiger partial charge in [0, 0.05) is 16.3 Å². The number of para-hydroxylation sites is 2. The Bertz CT molecular complexity index is 2580. The SMILES string of the molecule is N#Cc1cccc(-n2c3ccccc3c3ccccc32)c1-c1ccccc1-c1c2ccccc2c(-c2ccccc2)c2ccccc12. The molecule has 2 nitrogen and oxygen atoms in total. The van der Waals surface area contributed by atoms with Gasteiger partial charge in [0.25, 0.3) is 0 Å². The average Bonchev–Trinajstić information content (AvgIpc) is 3.48. The van der Waals surface area contributed by atoms with Crippen LogP contribution in [0.2, 0.25) is 0 Å². The Labute approximate surface area is 273 Å². The smallest absolute Gasteiger partial charge is 0.0998 e. The molecule has 0 saturated carbocycles. The van der Waals surface area contributed by atoms with Gasteiger partial charge in [0.15, 0.2) is 0 Å². The predicted molar refractivity (Wildman–Crippen MR) is 197 cm³/mol. The standard InChI is InChI=1S/C45H28N2/c46-29-31-17-14-28-42(47-40-26-12-10-18-32(40)33-19-11-13-27-41(33)47)44(31)36-22-6-9-25-39(36)45-37-23-7-4-20-34(37)43(30-15-2-1-3-16-30)35-21-5-8-24-38(35)45/h1-28H. The third-order valence-electron chi connectivity index (χ3n) is 9.44. The zero-order valence-corrected chi connectivity index (χ0v) is 25.6. The molecule has 0 aliphatic rings. The Balaban J connectivity index is 1.41. The van der Waals surface area contributed by atoms with Gasteiger partial charge in [0.1, 0.15) is 0 Å². The number of hydrogen-bond donors (Lipinski definition) is 0. The Morgan fingerprint density at radius 2 is 0.809 bits per heavy atom. The van der Waals surface area contributed by atoms with Crippen LogP contribution in [0.3, 0.4) is 0 Å². The summed E-state index contributed by atoms with van der Waals surface area (Å²) in [6.45, 7) is 0. The van der Waals surface area contributed by atoms with Gasteiger partial charge in [-0.05, 0) is 73.6 Å². The van der Waals surface area contributed by atoms with E-state index in [4.69, 9.17) is 0 Å². The van der Waals surface area contributed by atoms with E-state index in [1.54, 1.807) is 0 Å². The Morgan fingerprint density at radius 3 is 1.36 bits per heavy atom. The van der Waals surface area contributed by atoms with Crippen molar-refractivity contribution in [1.29, 1.82) is 5.26 Å². The fourth-order valence-corrected chi connectivity index (χ4v) is 7.54. The number of fused-ring (bicyclic) bond motifs is 5. The van der Waals surface area contributed by atoms with Gasteiger partial charge in [-0.1, -0.05) is 146 Å². The zero-order chi connectivity index (χ0) is 31.3. The van der Waals surface area contributed by atoms with E-state index >= 15 is 0 Å². The maximum Gasteiger partial charge on any atom is 0.0998 e. The summed E-state index contributed by atoms with van der Waals surface area (Å²) < 4.78 is 2.33. The number of aromatic nitrogens is 1. The number of benzene rings is 8. The van der Waals surface area contributed by atoms with Crippen LogP contribution in [0.4, 0.5) is 0 Å². The average molecular weight is 597 g/mol. The molecule has 0 unspecified atom stereocenters. The van der Waals surface area contributed by atoms with Gasteiger partial charge in [0.2, 0.25) is 0 Å². The van der Waals surface area contributed by atoms with Crippen molar-refractivity contribution >= 4 is 43.4 Å². The molecule has 9 aromatic rings. The first-order chi connectivity index (χ1) is 23.3. The highest BCUT2D eigenvalue weighted by molar-refractivity contribution is 6.22. The number of nitrogens with zero attached hydrogens (tertiary/aromatic N) is 2. The van der Waals surface area contributed by atoms with Crippen LogP contribution in [-0.2, 0) is 0 Å². The van der Waals surface area contributed by atoms with Crippen molar-refractivity contribution < 1.29 is 0 Å². The molecule has 0 amide bonds. The van der Waals surface area contributed by atoms with Crippen molar-refractivity contribution in [1.82, 2.24) is 4.57 Å². The first-order valence-corrected chi connectivity index (χ1v) is 15.9. The van der Waals surface area contributed by atoms with E-state index in [1.165, 1.54) is 49.0 Å². The van der Waals surface area contributed by atoms with Crippen LogP contribution in [0.5, 0.6) is 0 Å². The van der Waals surface area contributed by atoms with E-state index in [9.17, 15) is 5.26 Å². The van der Waals surface area contributed by atoms with Crippen LogP contribution in [0, 0.1) is 11.3 Å². The molecule has 0 aliphatic carbocycles. The second-order valence-corrected chi connectivity index (χ2v) is 11.9. The van der Waals surface area contributed by atoms with Gasteiger partial charge in [-0.15, -0.1) is 0 Å². The molecule has 0 radical (unpaired) electrons. The van der Waals surface area contributed by atoms with Crippen LogP contribution < -0.4 is 0 Å². The van der Waals surface area contributed by atoms with Crippen molar-refractivity contribution in [2.75, 3.05) is 0 Å². The van der Waals surface area contributed by atoms with Crippen molar-refractivity contribution in [3.63, 3.8) is 0 Å². The highest BCUT2D eigenvalue weighted by atomic mass is 15.0. The molecule has 47 heavy (non-hydrogen) atoms. The van der Waals surface area contributed by atoms with E-state index in [-0.39, 0.29) is 0 Å². The first kappa shape index (κ1) is 26.9. The van der Waals surface area contributed by atoms with E-state index < -0.39 is 0 Å². The summed E-state index contributed by atoms with van der Waals surface area (Å²) in [6.07, 6.45) is 0. The van der Waals surface area contributed by atoms with Gasteiger partial charge < -0.3 is 4.57 Å². The molecule has 1 heterocycles. The fourth-order valence-electron chi connectivity index (χ4n) is 7.54. The van der Waals surface area contributed by atoms with E-state index in [0.717, 1.165) is 33.4 Å². The lowest BCUT2D eigenvalue weighted by Gasteiger charge is -2.21. The summed E-state index contributed by atoms with van der Waals surface area (Å²) in [5, 5.41) is 17.8. The summed E-state index contributed by atoms with van der Waals surface area (Å²) in [4.78, 5) is 0. The molecule has 8 aromatic carbocycles. The van der Waals surface area contributed by atoms with E-state index in [1.807, 2.05) is 12.1 Å². The molecular formula is C45H28N2. The summed E-state index contributed by atoms with van der Waals surface area (Å²) in [5.41, 5.74) is 10.5. The molecule has 2 heteroatoms. The normalized spacial score (nSPS) is 11.4. The lowest BCUT2D eigenvalue weighted by Crippen LogP contribution is -2.01. The predicted octanol–water partition coefficient (Wildman–Crippen LogP) is 12.0. The lowest BCUT2D eigenvalue weighted by molar-refractivity contribution is 1.18. The van der Waals surface area contributed by atoms with Gasteiger partial charge in [-0.25, -0.2) is 0 Å². The van der Waals surface area contributed by atoms with Crippen molar-refractivity contribution in [2.45, 2.75) is 0 Å². The molecule has 0 bridgehead atoms. The van der Waals surface area contributed by atoms with E-state index in [0.29, 0.717) is 5.56 Å². The van der Waals surface area contributed by atoms with Crippen LogP contribution in [0.15, 0.2) is 170 Å². The summed E-state index contributed by atoms with van der Waals surface area (Å²) >= 11 is 0. The van der Waals surface area contributed by atoms with Crippen LogP contribution in [0.1, 0.15) is 5.56 Å². The van der Waals surface area contributed by atoms with Gasteiger partial charge in [-0.3, -0.25) is 0 Å². The van der Waals surface area contributed by atoms with Crippen molar-refractivity contribution in [2.24, 2.45) is 0 Å². The molecule has 9 rings (SSSR count). The lowest BCUT2D eigenvalue weighted by atomic mass is 9.83. The molecule has 0 N–H and O–H groups in total. The summed E-state index contributed by atoms with van der Waals surface area (Å²) in [5.74, 6) is 0. The second kappa shape index (κ2) is 10.9. The third-order valence-corrected chi connectivity index (χ3v) is 9.44. The monoisotopic (exact) mass is 596 g/mol.